The van der Waals surface area contributed by atoms with Crippen LogP contribution in [0.1, 0.15) is 22.3 Å². The first kappa shape index (κ1) is 47.6. The van der Waals surface area contributed by atoms with Crippen molar-refractivity contribution in [1.29, 1.82) is 0 Å². The second-order valence-corrected chi connectivity index (χ2v) is 22.1. The highest BCUT2D eigenvalue weighted by Crippen LogP contribution is 2.49. The summed E-state index contributed by atoms with van der Waals surface area (Å²) in [6, 6.07) is 84.9. The Morgan fingerprint density at radius 2 is 0.844 bits per heavy atom. The summed E-state index contributed by atoms with van der Waals surface area (Å²) in [6.07, 6.45) is 3.72. The number of ether oxygens (including phenoxy) is 2. The molecule has 0 fully saturated rings. The molecule has 0 aliphatic heterocycles. The predicted molar refractivity (Wildman–Crippen MR) is 325 cm³/mol. The van der Waals surface area contributed by atoms with Gasteiger partial charge in [-0.15, -0.1) is 0 Å². The normalized spacial score (nSPS) is 11.4. The highest BCUT2D eigenvalue weighted by molar-refractivity contribution is 7.80. The summed E-state index contributed by atoms with van der Waals surface area (Å²) in [5, 5.41) is 14.0. The van der Waals surface area contributed by atoms with Crippen molar-refractivity contribution in [2.75, 3.05) is 0 Å². The zero-order valence-corrected chi connectivity index (χ0v) is 43.8. The molecule has 0 unspecified atom stereocenters. The van der Waals surface area contributed by atoms with E-state index in [0.717, 1.165) is 115 Å². The fourth-order valence-electron chi connectivity index (χ4n) is 10.6. The Labute approximate surface area is 448 Å². The third kappa shape index (κ3) is 9.42. The zero-order chi connectivity index (χ0) is 51.7. The van der Waals surface area contributed by atoms with Crippen LogP contribution in [0.5, 0.6) is 17.2 Å². The van der Waals surface area contributed by atoms with Crippen LogP contribution in [0.15, 0.2) is 264 Å². The maximum absolute atomic E-state index is 7.36. The van der Waals surface area contributed by atoms with Crippen molar-refractivity contribution >= 4 is 109 Å². The van der Waals surface area contributed by atoms with E-state index in [9.17, 15) is 0 Å². The smallest absolute Gasteiger partial charge is 0.453 e. The van der Waals surface area contributed by atoms with Gasteiger partial charge in [-0.25, -0.2) is 0 Å². The van der Waals surface area contributed by atoms with Crippen molar-refractivity contribution in [2.45, 2.75) is 13.2 Å². The first-order chi connectivity index (χ1) is 38.0. The Morgan fingerprint density at radius 1 is 0.403 bits per heavy atom. The first-order valence-electron chi connectivity index (χ1n) is 25.7. The average molecular weight is 1030 g/mol. The van der Waals surface area contributed by atoms with Crippen LogP contribution >= 0.6 is 16.2 Å². The Morgan fingerprint density at radius 3 is 1.36 bits per heavy atom. The van der Waals surface area contributed by atoms with Gasteiger partial charge in [-0.05, 0) is 144 Å². The van der Waals surface area contributed by atoms with E-state index in [1.807, 2.05) is 48.6 Å². The summed E-state index contributed by atoms with van der Waals surface area (Å²) < 4.78 is 34.7. The molecule has 7 heteroatoms. The van der Waals surface area contributed by atoms with E-state index >= 15 is 0 Å². The van der Waals surface area contributed by atoms with E-state index in [2.05, 4.69) is 219 Å². The van der Waals surface area contributed by atoms with Gasteiger partial charge in [0.25, 0.3) is 0 Å². The van der Waals surface area contributed by atoms with Crippen molar-refractivity contribution in [3.8, 4) is 28.4 Å². The summed E-state index contributed by atoms with van der Waals surface area (Å²) >= 11 is 0. The Bertz CT molecular complexity index is 4270. The third-order valence-corrected chi connectivity index (χ3v) is 17.7. The molecule has 0 radical (unpaired) electrons. The predicted octanol–water partition coefficient (Wildman–Crippen LogP) is 18.6. The van der Waals surface area contributed by atoms with E-state index in [1.165, 1.54) is 0 Å². The van der Waals surface area contributed by atoms with Gasteiger partial charge in [0.05, 0.1) is 0 Å². The van der Waals surface area contributed by atoms with Crippen molar-refractivity contribution in [3.63, 3.8) is 0 Å². The average Bonchev–Trinajstić information content (AvgIpc) is 3.68. The van der Waals surface area contributed by atoms with Crippen LogP contribution in [0.4, 0.5) is 0 Å². The molecule has 0 saturated heterocycles. The second kappa shape index (κ2) is 20.9. The van der Waals surface area contributed by atoms with E-state index in [4.69, 9.17) is 22.4 Å². The number of fused-ring (bicyclic) bond motifs is 9. The van der Waals surface area contributed by atoms with Crippen molar-refractivity contribution in [3.05, 3.63) is 278 Å². The van der Waals surface area contributed by atoms with E-state index in [0.29, 0.717) is 30.1 Å². The molecule has 370 valence electrons. The Hall–Kier alpha value is -9.11. The number of hydrogen-bond acceptors (Lipinski definition) is 5. The standard InChI is InChI=1S/C70H50O5P2/c1-3-47-17-13-19-49(41-47)45-71-55-25-15-27-57(43-55)76(58-28-16-26-56(44-58)72-46-50-20-14-18-48(4-2)42-50)66-40-36-54-24-8-12-32-62(54)70(66)69-61-31-11-7-23-53(61)35-39-65(69)75-77-73-63-37-33-51-21-5-9-29-59(51)67(63)68-60-30-10-6-22-52(60)34-38-64(68)74-77/h3-44H,1-2,45-46H2. The molecule has 0 atom stereocenters. The second-order valence-electron chi connectivity index (χ2n) is 19.0. The van der Waals surface area contributed by atoms with Gasteiger partial charge in [0.1, 0.15) is 41.6 Å². The van der Waals surface area contributed by atoms with E-state index in [1.54, 1.807) is 0 Å². The van der Waals surface area contributed by atoms with Gasteiger partial charge in [0.2, 0.25) is 0 Å². The Kier molecular flexibility index (Phi) is 12.9. The van der Waals surface area contributed by atoms with Crippen LogP contribution in [-0.2, 0) is 13.2 Å². The molecule has 12 aromatic carbocycles. The van der Waals surface area contributed by atoms with E-state index in [-0.39, 0.29) is 0 Å². The largest absolute Gasteiger partial charge is 0.489 e. The minimum absolute atomic E-state index is 0.409. The fourth-order valence-corrected chi connectivity index (χ4v) is 14.1. The molecule has 1 heterocycles. The van der Waals surface area contributed by atoms with Crippen molar-refractivity contribution in [1.82, 2.24) is 0 Å². The van der Waals surface area contributed by atoms with Gasteiger partial charge in [-0.1, -0.05) is 213 Å². The first-order valence-corrected chi connectivity index (χ1v) is 28.1. The van der Waals surface area contributed by atoms with Crippen LogP contribution < -0.4 is 29.9 Å². The molecule has 0 amide bonds. The number of rotatable bonds is 14. The minimum Gasteiger partial charge on any atom is -0.489 e. The number of benzene rings is 12. The lowest BCUT2D eigenvalue weighted by molar-refractivity contribution is 0.306. The molecule has 13 aromatic rings. The summed E-state index contributed by atoms with van der Waals surface area (Å²) in [5.41, 5.74) is 7.64. The fraction of sp³-hybridized carbons (Fsp3) is 0.0286. The zero-order valence-electron chi connectivity index (χ0n) is 42.0. The SMILES string of the molecule is C=Cc1cccc(COc2cccc(P(c3cccc(OCc4cccc(C=C)c4)c3)c3ccc4ccccc4c3-c3c(Op4oc5ccc6ccccc6c5c5c(ccc6ccccc65)o4)ccc4ccccc34)c2)c1. The van der Waals surface area contributed by atoms with Crippen LogP contribution in [0.3, 0.4) is 0 Å². The summed E-state index contributed by atoms with van der Waals surface area (Å²) in [4.78, 5) is 0. The lowest BCUT2D eigenvalue weighted by atomic mass is 9.93. The molecule has 0 N–H and O–H groups in total. The molecule has 77 heavy (non-hydrogen) atoms. The monoisotopic (exact) mass is 1030 g/mol. The van der Waals surface area contributed by atoms with Gasteiger partial charge in [-0.2, -0.15) is 0 Å². The van der Waals surface area contributed by atoms with Crippen molar-refractivity contribution in [2.24, 2.45) is 0 Å². The van der Waals surface area contributed by atoms with Gasteiger partial charge in [0, 0.05) is 21.9 Å². The molecule has 0 spiro atoms. The highest BCUT2D eigenvalue weighted by Gasteiger charge is 2.27. The van der Waals surface area contributed by atoms with Gasteiger partial charge in [-0.3, -0.25) is 0 Å². The molecule has 0 aliphatic rings. The maximum atomic E-state index is 7.36. The van der Waals surface area contributed by atoms with Crippen LogP contribution in [0.2, 0.25) is 0 Å². The number of hydrogen-bond donors (Lipinski definition) is 0. The van der Waals surface area contributed by atoms with E-state index < -0.39 is 16.2 Å². The quantitative estimate of drug-likeness (QED) is 0.102. The van der Waals surface area contributed by atoms with Gasteiger partial charge < -0.3 is 22.4 Å². The molecular weight excluding hydrogens is 983 g/mol. The minimum atomic E-state index is -2.08. The molecule has 13 rings (SSSR count). The molecule has 0 saturated carbocycles. The molecule has 0 bridgehead atoms. The lowest BCUT2D eigenvalue weighted by Crippen LogP contribution is -2.23. The lowest BCUT2D eigenvalue weighted by Gasteiger charge is -2.26. The summed E-state index contributed by atoms with van der Waals surface area (Å²) in [5.74, 6) is 2.19. The Balaban J connectivity index is 1.02. The third-order valence-electron chi connectivity index (χ3n) is 14.2. The molecule has 0 aliphatic carbocycles. The summed E-state index contributed by atoms with van der Waals surface area (Å²) in [7, 11) is -3.41. The maximum Gasteiger partial charge on any atom is 0.453 e. The van der Waals surface area contributed by atoms with Crippen LogP contribution in [0.25, 0.3) is 88.3 Å². The molecular formula is C70H50O5P2. The molecule has 5 nitrogen and oxygen atoms in total. The van der Waals surface area contributed by atoms with Crippen LogP contribution in [-0.4, -0.2) is 0 Å². The van der Waals surface area contributed by atoms with Crippen LogP contribution in [0, 0.1) is 0 Å². The van der Waals surface area contributed by atoms with Gasteiger partial charge in [0.15, 0.2) is 0 Å². The van der Waals surface area contributed by atoms with Gasteiger partial charge >= 0.3 is 8.24 Å². The highest BCUT2D eigenvalue weighted by atomic mass is 31.1. The topological polar surface area (TPSA) is 54.0 Å². The molecule has 1 aromatic heterocycles. The summed E-state index contributed by atoms with van der Waals surface area (Å²) in [6.45, 7) is 8.79. The van der Waals surface area contributed by atoms with Crippen molar-refractivity contribution < 1.29 is 22.4 Å².